The predicted molar refractivity (Wildman–Crippen MR) is 59.5 cm³/mol. The van der Waals surface area contributed by atoms with E-state index >= 15 is 0 Å². The minimum absolute atomic E-state index is 1.01. The van der Waals surface area contributed by atoms with E-state index in [1.54, 1.807) is 33.1 Å². The molecular weight excluding hydrogens is 220 g/mol. The van der Waals surface area contributed by atoms with Crippen molar-refractivity contribution in [3.8, 4) is 0 Å². The normalized spacial score (nSPS) is 12.5. The number of thiol groups is 1. The second-order valence-corrected chi connectivity index (χ2v) is 5.97. The molecule has 0 aromatic carbocycles. The molecule has 5 heteroatoms. The highest BCUT2D eigenvalue weighted by Gasteiger charge is 1.91. The standard InChI is InChI=1S/C8H8N2S3/c1-6-5-11-13-8(6)12-7-4-9-2-3-10-7/h2-5,12H,1H3. The molecule has 0 unspecified atom stereocenters. The molecule has 68 valence electrons. The number of aromatic nitrogens is 2. The average molecular weight is 228 g/mol. The van der Waals surface area contributed by atoms with Crippen LogP contribution in [0.2, 0.25) is 0 Å². The summed E-state index contributed by atoms with van der Waals surface area (Å²) in [7, 11) is 3.58. The summed E-state index contributed by atoms with van der Waals surface area (Å²) in [6, 6.07) is 0. The molecule has 0 aliphatic rings. The van der Waals surface area contributed by atoms with E-state index in [9.17, 15) is 0 Å². The van der Waals surface area contributed by atoms with Gasteiger partial charge in [0.15, 0.2) is 0 Å². The molecule has 2 aromatic heterocycles. The summed E-state index contributed by atoms with van der Waals surface area (Å²) < 4.78 is 1.37. The Balaban J connectivity index is 2.48. The molecule has 0 N–H and O–H groups in total. The summed E-state index contributed by atoms with van der Waals surface area (Å²) in [6.45, 7) is 2.13. The molecule has 2 heterocycles. The van der Waals surface area contributed by atoms with Crippen LogP contribution in [0, 0.1) is 10.7 Å². The van der Waals surface area contributed by atoms with Gasteiger partial charge < -0.3 is 0 Å². The minimum Gasteiger partial charge on any atom is -0.260 e. The third kappa shape index (κ3) is 2.24. The van der Waals surface area contributed by atoms with E-state index < -0.39 is 0 Å². The lowest BCUT2D eigenvalue weighted by Gasteiger charge is -1.88. The molecule has 0 spiro atoms. The molecular formula is C8H8N2S3. The lowest BCUT2D eigenvalue weighted by Crippen LogP contribution is -1.76. The van der Waals surface area contributed by atoms with Crippen LogP contribution in [0.4, 0.5) is 0 Å². The van der Waals surface area contributed by atoms with Crippen molar-refractivity contribution < 1.29 is 0 Å². The van der Waals surface area contributed by atoms with Gasteiger partial charge in [-0.05, 0) is 12.5 Å². The summed E-state index contributed by atoms with van der Waals surface area (Å²) in [6.07, 6.45) is 5.24. The molecule has 0 radical (unpaired) electrons. The molecule has 0 atom stereocenters. The van der Waals surface area contributed by atoms with Crippen LogP contribution < -0.4 is 0 Å². The summed E-state index contributed by atoms with van der Waals surface area (Å²) in [4.78, 5) is 8.26. The lowest BCUT2D eigenvalue weighted by atomic mass is 10.5. The van der Waals surface area contributed by atoms with Gasteiger partial charge in [-0.2, -0.15) is 0 Å². The van der Waals surface area contributed by atoms with E-state index in [-0.39, 0.29) is 0 Å². The van der Waals surface area contributed by atoms with Crippen LogP contribution in [0.3, 0.4) is 0 Å². The number of aryl methyl sites for hydroxylation is 1. The monoisotopic (exact) mass is 228 g/mol. The number of rotatable bonds is 1. The van der Waals surface area contributed by atoms with Gasteiger partial charge in [0, 0.05) is 17.8 Å². The molecule has 2 rings (SSSR count). The zero-order valence-electron chi connectivity index (χ0n) is 6.97. The van der Waals surface area contributed by atoms with Gasteiger partial charge in [-0.3, -0.25) is 4.98 Å². The van der Waals surface area contributed by atoms with Crippen LogP contribution in [0.1, 0.15) is 5.56 Å². The van der Waals surface area contributed by atoms with Crippen molar-refractivity contribution >= 4 is 32.0 Å². The van der Waals surface area contributed by atoms with E-state index in [0.29, 0.717) is 0 Å². The van der Waals surface area contributed by atoms with Gasteiger partial charge in [0.25, 0.3) is 0 Å². The van der Waals surface area contributed by atoms with E-state index in [2.05, 4.69) is 22.3 Å². The quantitative estimate of drug-likeness (QED) is 0.461. The first-order chi connectivity index (χ1) is 6.36. The number of nitrogens with zero attached hydrogens (tertiary/aromatic N) is 2. The van der Waals surface area contributed by atoms with Gasteiger partial charge in [0.05, 0.1) is 10.0 Å². The van der Waals surface area contributed by atoms with Crippen LogP contribution in [-0.4, -0.2) is 9.97 Å². The van der Waals surface area contributed by atoms with E-state index in [4.69, 9.17) is 0 Å². The zero-order chi connectivity index (χ0) is 9.10. The van der Waals surface area contributed by atoms with E-state index in [0.717, 1.165) is 5.03 Å². The fraction of sp³-hybridized carbons (Fsp3) is 0.125. The largest absolute Gasteiger partial charge is 0.260 e. The maximum Gasteiger partial charge on any atom is 0.107 e. The van der Waals surface area contributed by atoms with Gasteiger partial charge in [0.1, 0.15) is 5.03 Å². The van der Waals surface area contributed by atoms with Gasteiger partial charge in [-0.25, -0.2) is 4.98 Å². The average Bonchev–Trinajstić information content (AvgIpc) is 2.54. The molecule has 0 amide bonds. The maximum atomic E-state index is 4.23. The van der Waals surface area contributed by atoms with Gasteiger partial charge >= 0.3 is 0 Å². The summed E-state index contributed by atoms with van der Waals surface area (Å²) in [5.41, 5.74) is 1.35. The van der Waals surface area contributed by atoms with Gasteiger partial charge in [-0.1, -0.05) is 20.7 Å². The lowest BCUT2D eigenvalue weighted by molar-refractivity contribution is 1.06. The van der Waals surface area contributed by atoms with Crippen LogP contribution >= 0.6 is 32.0 Å². The van der Waals surface area contributed by atoms with Gasteiger partial charge in [-0.15, -0.1) is 11.4 Å². The summed E-state index contributed by atoms with van der Waals surface area (Å²) in [5.74, 6) is 0. The fourth-order valence-corrected chi connectivity index (χ4v) is 4.67. The summed E-state index contributed by atoms with van der Waals surface area (Å²) in [5, 5.41) is 3.18. The minimum atomic E-state index is 1.01. The van der Waals surface area contributed by atoms with E-state index in [1.807, 2.05) is 6.20 Å². The second-order valence-electron chi connectivity index (χ2n) is 2.46. The molecule has 0 fully saturated rings. The highest BCUT2D eigenvalue weighted by Crippen LogP contribution is 2.21. The van der Waals surface area contributed by atoms with Crippen molar-refractivity contribution in [2.75, 3.05) is 0 Å². The molecule has 0 aliphatic carbocycles. The molecule has 2 aromatic rings. The van der Waals surface area contributed by atoms with Crippen molar-refractivity contribution in [3.63, 3.8) is 0 Å². The first-order valence-electron chi connectivity index (χ1n) is 3.71. The Labute approximate surface area is 87.3 Å². The van der Waals surface area contributed by atoms with Crippen LogP contribution in [0.15, 0.2) is 29.0 Å². The SMILES string of the molecule is Cc1cssc1=[SH]c1cnccn1. The first-order valence-corrected chi connectivity index (χ1v) is 6.82. The molecule has 0 bridgehead atoms. The highest BCUT2D eigenvalue weighted by molar-refractivity contribution is 7.94. The summed E-state index contributed by atoms with van der Waals surface area (Å²) >= 11 is 1.17. The molecule has 0 saturated carbocycles. The van der Waals surface area contributed by atoms with Crippen molar-refractivity contribution in [1.82, 2.24) is 9.97 Å². The fourth-order valence-electron chi connectivity index (χ4n) is 0.818. The molecule has 2 nitrogen and oxygen atoms in total. The Bertz CT molecular complexity index is 444. The first kappa shape index (κ1) is 9.05. The molecule has 0 aliphatic heterocycles. The topological polar surface area (TPSA) is 25.8 Å². The van der Waals surface area contributed by atoms with E-state index in [1.165, 1.54) is 20.7 Å². The smallest absolute Gasteiger partial charge is 0.107 e. The van der Waals surface area contributed by atoms with Crippen LogP contribution in [0.25, 0.3) is 0 Å². The Morgan fingerprint density at radius 3 is 2.92 bits per heavy atom. The van der Waals surface area contributed by atoms with Crippen molar-refractivity contribution in [1.29, 1.82) is 0 Å². The van der Waals surface area contributed by atoms with Crippen LogP contribution in [0.5, 0.6) is 0 Å². The maximum absolute atomic E-state index is 4.23. The number of hydrogen-bond donors (Lipinski definition) is 1. The zero-order valence-corrected chi connectivity index (χ0v) is 9.49. The van der Waals surface area contributed by atoms with Crippen LogP contribution in [-0.2, 0) is 0 Å². The third-order valence-electron chi connectivity index (χ3n) is 1.45. The Morgan fingerprint density at radius 2 is 2.31 bits per heavy atom. The number of hydrogen-bond acceptors (Lipinski definition) is 4. The molecule has 13 heavy (non-hydrogen) atoms. The van der Waals surface area contributed by atoms with Gasteiger partial charge in [0.2, 0.25) is 0 Å². The Hall–Kier alpha value is -0.520. The van der Waals surface area contributed by atoms with Crippen molar-refractivity contribution in [3.05, 3.63) is 33.4 Å². The Kier molecular flexibility index (Phi) is 2.87. The van der Waals surface area contributed by atoms with Crippen molar-refractivity contribution in [2.24, 2.45) is 0 Å². The second kappa shape index (κ2) is 4.13. The Morgan fingerprint density at radius 1 is 1.38 bits per heavy atom. The predicted octanol–water partition coefficient (Wildman–Crippen LogP) is 2.96. The van der Waals surface area contributed by atoms with Crippen molar-refractivity contribution in [2.45, 2.75) is 11.9 Å². The third-order valence-corrected chi connectivity index (χ3v) is 5.49. The molecule has 0 saturated heterocycles. The highest BCUT2D eigenvalue weighted by atomic mass is 32.9.